The minimum Gasteiger partial charge on any atom is -0.496 e. The Morgan fingerprint density at radius 3 is 2.38 bits per heavy atom. The molecule has 1 fully saturated rings. The summed E-state index contributed by atoms with van der Waals surface area (Å²) in [6.45, 7) is 0.961. The molecule has 0 aliphatic heterocycles. The van der Waals surface area contributed by atoms with Gasteiger partial charge >= 0.3 is 12.0 Å². The quantitative estimate of drug-likeness (QED) is 0.184. The summed E-state index contributed by atoms with van der Waals surface area (Å²) < 4.78 is 17.5. The second kappa shape index (κ2) is 18.8. The van der Waals surface area contributed by atoms with Crippen molar-refractivity contribution in [1.29, 1.82) is 0 Å². The number of aliphatic hydroxyl groups excluding tert-OH is 2. The number of benzene rings is 2. The lowest BCUT2D eigenvalue weighted by molar-refractivity contribution is -0.143. The Balaban J connectivity index is 1.76. The van der Waals surface area contributed by atoms with Crippen LogP contribution in [0.25, 0.3) is 11.3 Å². The molecule has 4 rings (SSSR count). The highest BCUT2D eigenvalue weighted by atomic mass is 16.6. The summed E-state index contributed by atoms with van der Waals surface area (Å²) in [6, 6.07) is 16.4. The van der Waals surface area contributed by atoms with Crippen LogP contribution in [0.2, 0.25) is 0 Å². The molecule has 0 spiro atoms. The molecule has 1 aromatic heterocycles. The molecule has 48 heavy (non-hydrogen) atoms. The molecule has 0 radical (unpaired) electrons. The van der Waals surface area contributed by atoms with Gasteiger partial charge in [0.05, 0.1) is 33.1 Å². The Bertz CT molecular complexity index is 1470. The average Bonchev–Trinajstić information content (AvgIpc) is 3.60. The molecule has 0 saturated heterocycles. The number of ether oxygens (including phenoxy) is 3. The number of carbonyl (C=O) groups is 3. The van der Waals surface area contributed by atoms with Crippen LogP contribution in [0.1, 0.15) is 50.1 Å². The number of nitrogens with one attached hydrogen (secondary N) is 1. The first-order valence-corrected chi connectivity index (χ1v) is 16.6. The van der Waals surface area contributed by atoms with E-state index in [4.69, 9.17) is 14.2 Å². The number of aromatic nitrogens is 1. The first-order chi connectivity index (χ1) is 23.4. The minimum atomic E-state index is -1.04. The van der Waals surface area contributed by atoms with E-state index < -0.39 is 18.0 Å². The van der Waals surface area contributed by atoms with E-state index in [1.54, 1.807) is 48.5 Å². The molecule has 3 aromatic rings. The summed E-state index contributed by atoms with van der Waals surface area (Å²) in [5.41, 5.74) is 1.84. The van der Waals surface area contributed by atoms with E-state index in [9.17, 15) is 24.6 Å². The second-order valence-electron chi connectivity index (χ2n) is 11.8. The van der Waals surface area contributed by atoms with Gasteiger partial charge in [0.15, 0.2) is 6.61 Å². The van der Waals surface area contributed by atoms with Gasteiger partial charge in [0.2, 0.25) is 5.91 Å². The maximum Gasteiger partial charge on any atom is 0.343 e. The average molecular weight is 665 g/mol. The van der Waals surface area contributed by atoms with Crippen molar-refractivity contribution in [3.05, 3.63) is 72.4 Å². The summed E-state index contributed by atoms with van der Waals surface area (Å²) in [5.74, 6) is 0.0977. The summed E-state index contributed by atoms with van der Waals surface area (Å²) >= 11 is 0. The molecule has 12 nitrogen and oxygen atoms in total. The fourth-order valence-electron chi connectivity index (χ4n) is 6.16. The Morgan fingerprint density at radius 1 is 0.917 bits per heavy atom. The van der Waals surface area contributed by atoms with Crippen molar-refractivity contribution < 1.29 is 38.8 Å². The normalized spacial score (nSPS) is 13.9. The maximum absolute atomic E-state index is 14.8. The fraction of sp³-hybridized carbons (Fsp3) is 0.472. The molecule has 1 heterocycles. The van der Waals surface area contributed by atoms with Gasteiger partial charge in [-0.3, -0.25) is 14.3 Å². The van der Waals surface area contributed by atoms with Crippen LogP contribution in [0.5, 0.6) is 11.5 Å². The van der Waals surface area contributed by atoms with E-state index in [-0.39, 0.29) is 38.3 Å². The number of hydrogen-bond donors (Lipinski definition) is 3. The van der Waals surface area contributed by atoms with E-state index in [0.717, 1.165) is 37.7 Å². The van der Waals surface area contributed by atoms with Gasteiger partial charge in [0.25, 0.3) is 0 Å². The maximum atomic E-state index is 14.8. The predicted octanol–water partition coefficient (Wildman–Crippen LogP) is 3.85. The summed E-state index contributed by atoms with van der Waals surface area (Å²) in [5, 5.41) is 22.3. The van der Waals surface area contributed by atoms with Crippen LogP contribution in [0.15, 0.2) is 66.9 Å². The molecule has 12 heteroatoms. The summed E-state index contributed by atoms with van der Waals surface area (Å²) in [7, 11) is 2.85. The molecule has 3 N–H and O–H groups in total. The van der Waals surface area contributed by atoms with Crippen LogP contribution >= 0.6 is 0 Å². The zero-order valence-corrected chi connectivity index (χ0v) is 27.9. The molecule has 2 amide bonds. The van der Waals surface area contributed by atoms with Gasteiger partial charge in [-0.2, -0.15) is 0 Å². The van der Waals surface area contributed by atoms with Crippen LogP contribution in [0.3, 0.4) is 0 Å². The number of carbonyl (C=O) groups excluding carboxylic acids is 3. The molecule has 1 atom stereocenters. The first kappa shape index (κ1) is 36.4. The van der Waals surface area contributed by atoms with Crippen molar-refractivity contribution in [2.24, 2.45) is 0 Å². The van der Waals surface area contributed by atoms with E-state index in [1.165, 1.54) is 11.7 Å². The number of para-hydroxylation sites is 1. The molecule has 2 aromatic carbocycles. The van der Waals surface area contributed by atoms with Crippen molar-refractivity contribution in [1.82, 2.24) is 19.7 Å². The predicted molar refractivity (Wildman–Crippen MR) is 181 cm³/mol. The zero-order chi connectivity index (χ0) is 34.3. The largest absolute Gasteiger partial charge is 0.496 e. The number of aliphatic hydroxyl groups is 2. The van der Waals surface area contributed by atoms with Gasteiger partial charge in [-0.1, -0.05) is 43.5 Å². The highest BCUT2D eigenvalue weighted by Gasteiger charge is 2.34. The Labute approximate surface area is 282 Å². The van der Waals surface area contributed by atoms with Crippen LogP contribution in [-0.2, 0) is 14.3 Å². The zero-order valence-electron chi connectivity index (χ0n) is 27.9. The second-order valence-corrected chi connectivity index (χ2v) is 11.8. The van der Waals surface area contributed by atoms with Crippen molar-refractivity contribution in [2.45, 2.75) is 50.6 Å². The number of nitrogens with zero attached hydrogens (tertiary/aromatic N) is 3. The smallest absolute Gasteiger partial charge is 0.343 e. The number of methoxy groups -OCH3 is 2. The topological polar surface area (TPSA) is 143 Å². The molecule has 260 valence electrons. The Morgan fingerprint density at radius 2 is 1.67 bits per heavy atom. The number of hydrogen-bond acceptors (Lipinski definition) is 9. The van der Waals surface area contributed by atoms with Gasteiger partial charge < -0.3 is 34.6 Å². The highest BCUT2D eigenvalue weighted by molar-refractivity contribution is 5.91. The minimum absolute atomic E-state index is 0.00946. The van der Waals surface area contributed by atoms with Crippen molar-refractivity contribution in [3.8, 4) is 22.8 Å². The monoisotopic (exact) mass is 664 g/mol. The third kappa shape index (κ3) is 9.82. The fourth-order valence-corrected chi connectivity index (χ4v) is 6.16. The SMILES string of the molecule is COC(=O)COc1cccc(C(C(=O)NC2CCCCC2)N(CCCN(CCO)CCO)C(=O)n2cccc2-c2ccccc2OC)c1. The number of amides is 2. The molecule has 0 bridgehead atoms. The van der Waals surface area contributed by atoms with E-state index >= 15 is 0 Å². The highest BCUT2D eigenvalue weighted by Crippen LogP contribution is 2.32. The van der Waals surface area contributed by atoms with Crippen LogP contribution < -0.4 is 14.8 Å². The van der Waals surface area contributed by atoms with Gasteiger partial charge in [0, 0.05) is 44.0 Å². The van der Waals surface area contributed by atoms with Crippen molar-refractivity contribution in [3.63, 3.8) is 0 Å². The van der Waals surface area contributed by atoms with Crippen molar-refractivity contribution >= 4 is 17.9 Å². The van der Waals surface area contributed by atoms with E-state index in [0.29, 0.717) is 48.8 Å². The molecule has 1 aliphatic rings. The van der Waals surface area contributed by atoms with Gasteiger partial charge in [0.1, 0.15) is 17.5 Å². The summed E-state index contributed by atoms with van der Waals surface area (Å²) in [6.07, 6.45) is 7.02. The molecule has 1 aliphatic carbocycles. The number of rotatable bonds is 17. The lowest BCUT2D eigenvalue weighted by Gasteiger charge is -2.34. The lowest BCUT2D eigenvalue weighted by atomic mass is 9.94. The summed E-state index contributed by atoms with van der Waals surface area (Å²) in [4.78, 5) is 44.4. The van der Waals surface area contributed by atoms with Crippen LogP contribution in [0.4, 0.5) is 4.79 Å². The molecular formula is C36H48N4O8. The Hall–Kier alpha value is -4.39. The van der Waals surface area contributed by atoms with Crippen molar-refractivity contribution in [2.75, 3.05) is 60.2 Å². The molecule has 1 unspecified atom stereocenters. The van der Waals surface area contributed by atoms with Gasteiger partial charge in [-0.25, -0.2) is 9.59 Å². The first-order valence-electron chi connectivity index (χ1n) is 16.6. The van der Waals surface area contributed by atoms with Gasteiger partial charge in [-0.15, -0.1) is 0 Å². The lowest BCUT2D eigenvalue weighted by Crippen LogP contribution is -2.49. The van der Waals surface area contributed by atoms with Crippen LogP contribution in [-0.4, -0.2) is 109 Å². The molecule has 1 saturated carbocycles. The third-order valence-corrected chi connectivity index (χ3v) is 8.56. The van der Waals surface area contributed by atoms with Gasteiger partial charge in [-0.05, 0) is 61.2 Å². The third-order valence-electron chi connectivity index (χ3n) is 8.56. The van der Waals surface area contributed by atoms with Crippen LogP contribution in [0, 0.1) is 0 Å². The van der Waals surface area contributed by atoms with E-state index in [1.807, 2.05) is 35.2 Å². The molecular weight excluding hydrogens is 616 g/mol. The van der Waals surface area contributed by atoms with E-state index in [2.05, 4.69) is 5.32 Å². The Kier molecular flexibility index (Phi) is 14.3. The standard InChI is InChI=1S/C36H48N4O8/c1-46-32-17-7-6-15-30(32)31-16-9-19-39(31)36(45)40(20-10-18-38(21-23-41)22-24-42)34(35(44)37-28-12-4-3-5-13-28)27-11-8-14-29(25-27)48-26-33(43)47-2/h6-9,11,14-17,19,25,28,34,41-42H,3-5,10,12-13,18,20-24,26H2,1-2H3,(H,37,44). The number of esters is 1.